The summed E-state index contributed by atoms with van der Waals surface area (Å²) in [5.74, 6) is 0.631. The van der Waals surface area contributed by atoms with Gasteiger partial charge in [-0.25, -0.2) is 13.1 Å². The first-order chi connectivity index (χ1) is 17.1. The molecule has 4 rings (SSSR count). The van der Waals surface area contributed by atoms with Gasteiger partial charge in [0, 0.05) is 22.1 Å². The molecule has 1 heterocycles. The van der Waals surface area contributed by atoms with Crippen LogP contribution in [0.25, 0.3) is 5.69 Å². The van der Waals surface area contributed by atoms with Gasteiger partial charge in [0.1, 0.15) is 5.75 Å². The van der Waals surface area contributed by atoms with Gasteiger partial charge in [-0.05, 0) is 92.6 Å². The average Bonchev–Trinajstić information content (AvgIpc) is 3.14. The van der Waals surface area contributed by atoms with E-state index in [9.17, 15) is 13.2 Å². The quantitative estimate of drug-likeness (QED) is 0.290. The van der Waals surface area contributed by atoms with Crippen molar-refractivity contribution in [3.8, 4) is 11.4 Å². The number of H-pyrrole nitrogens is 1. The van der Waals surface area contributed by atoms with Crippen LogP contribution in [0, 0.1) is 20.8 Å². The van der Waals surface area contributed by atoms with Crippen LogP contribution in [-0.4, -0.2) is 31.5 Å². The molecule has 0 aliphatic heterocycles. The number of methoxy groups -OCH3 is 1. The van der Waals surface area contributed by atoms with Gasteiger partial charge < -0.3 is 4.74 Å². The van der Waals surface area contributed by atoms with Crippen molar-refractivity contribution in [3.05, 3.63) is 97.9 Å². The molecule has 186 valence electrons. The Morgan fingerprint density at radius 2 is 1.64 bits per heavy atom. The highest BCUT2D eigenvalue weighted by molar-refractivity contribution is 9.10. The summed E-state index contributed by atoms with van der Waals surface area (Å²) in [5.41, 5.74) is 4.62. The van der Waals surface area contributed by atoms with E-state index in [-0.39, 0.29) is 10.5 Å². The van der Waals surface area contributed by atoms with Crippen LogP contribution in [0.5, 0.6) is 5.75 Å². The third kappa shape index (κ3) is 5.14. The molecule has 0 aliphatic carbocycles. The number of sulfonamides is 1. The smallest absolute Gasteiger partial charge is 0.280 e. The van der Waals surface area contributed by atoms with Crippen molar-refractivity contribution in [2.75, 3.05) is 11.8 Å². The molecule has 0 saturated carbocycles. The van der Waals surface area contributed by atoms with Gasteiger partial charge in [-0.3, -0.25) is 19.6 Å². The summed E-state index contributed by atoms with van der Waals surface area (Å²) < 4.78 is 35.5. The highest BCUT2D eigenvalue weighted by atomic mass is 79.9. The molecule has 4 aromatic rings. The monoisotopic (exact) mass is 568 g/mol. The lowest BCUT2D eigenvalue weighted by molar-refractivity contribution is 0.415. The Bertz CT molecular complexity index is 1600. The van der Waals surface area contributed by atoms with Gasteiger partial charge in [0.25, 0.3) is 15.6 Å². The second-order valence-electron chi connectivity index (χ2n) is 8.19. The number of halogens is 1. The Balaban J connectivity index is 1.55. The number of anilines is 1. The van der Waals surface area contributed by atoms with E-state index in [1.807, 2.05) is 26.0 Å². The fourth-order valence-electron chi connectivity index (χ4n) is 3.62. The zero-order valence-corrected chi connectivity index (χ0v) is 22.6. The van der Waals surface area contributed by atoms with E-state index < -0.39 is 10.0 Å². The molecule has 0 unspecified atom stereocenters. The molecule has 0 fully saturated rings. The maximum Gasteiger partial charge on any atom is 0.280 e. The summed E-state index contributed by atoms with van der Waals surface area (Å²) >= 11 is 3.52. The summed E-state index contributed by atoms with van der Waals surface area (Å²) in [6, 6.07) is 16.5. The lowest BCUT2D eigenvalue weighted by Crippen LogP contribution is -2.18. The lowest BCUT2D eigenvalue weighted by Gasteiger charge is -2.10. The van der Waals surface area contributed by atoms with Crippen molar-refractivity contribution in [3.63, 3.8) is 0 Å². The van der Waals surface area contributed by atoms with Crippen molar-refractivity contribution in [1.29, 1.82) is 0 Å². The number of nitrogens with zero attached hydrogens (tertiary/aromatic N) is 2. The van der Waals surface area contributed by atoms with Crippen molar-refractivity contribution in [1.82, 2.24) is 9.78 Å². The normalized spacial score (nSPS) is 11.7. The number of aromatic nitrogens is 2. The summed E-state index contributed by atoms with van der Waals surface area (Å²) in [6.45, 7) is 5.76. The number of aromatic amines is 1. The minimum absolute atomic E-state index is 0.0959. The first kappa shape index (κ1) is 25.5. The highest BCUT2D eigenvalue weighted by Crippen LogP contribution is 2.25. The number of aliphatic imine (C=N–C) groups is 1. The van der Waals surface area contributed by atoms with Gasteiger partial charge in [-0.2, -0.15) is 0 Å². The molecule has 0 radical (unpaired) electrons. The Morgan fingerprint density at radius 1 is 0.972 bits per heavy atom. The fourth-order valence-corrected chi connectivity index (χ4v) is 5.11. The number of rotatable bonds is 7. The first-order valence-corrected chi connectivity index (χ1v) is 13.3. The van der Waals surface area contributed by atoms with Gasteiger partial charge in [0.05, 0.1) is 28.9 Å². The topological polar surface area (TPSA) is 106 Å². The van der Waals surface area contributed by atoms with E-state index in [1.165, 1.54) is 23.0 Å². The molecule has 0 bridgehead atoms. The molecule has 1 aromatic heterocycles. The van der Waals surface area contributed by atoms with E-state index in [2.05, 4.69) is 30.7 Å². The third-order valence-electron chi connectivity index (χ3n) is 5.88. The van der Waals surface area contributed by atoms with Crippen LogP contribution in [0.2, 0.25) is 0 Å². The van der Waals surface area contributed by atoms with Crippen molar-refractivity contribution in [2.45, 2.75) is 25.7 Å². The Hall–Kier alpha value is -3.63. The molecule has 8 nitrogen and oxygen atoms in total. The van der Waals surface area contributed by atoms with E-state index >= 15 is 0 Å². The molecule has 36 heavy (non-hydrogen) atoms. The van der Waals surface area contributed by atoms with E-state index in [0.717, 1.165) is 21.3 Å². The molecule has 0 saturated heterocycles. The standard InChI is InChI=1S/C26H25BrN4O4S/c1-16-17(2)25(14-13-24(16)27)31-26(32)23(18(3)29-31)15-28-19-7-11-22(12-8-19)36(33,34)30-20-5-9-21(35-4)10-6-20/h5-15,29-30H,1-4H3. The number of aryl methyl sites for hydroxylation is 1. The lowest BCUT2D eigenvalue weighted by atomic mass is 10.1. The summed E-state index contributed by atoms with van der Waals surface area (Å²) in [6.07, 6.45) is 1.49. The largest absolute Gasteiger partial charge is 0.497 e. The van der Waals surface area contributed by atoms with Gasteiger partial charge in [-0.1, -0.05) is 15.9 Å². The Morgan fingerprint density at radius 3 is 2.28 bits per heavy atom. The molecule has 10 heteroatoms. The summed E-state index contributed by atoms with van der Waals surface area (Å²) in [7, 11) is -2.23. The molecule has 2 N–H and O–H groups in total. The first-order valence-electron chi connectivity index (χ1n) is 11.0. The maximum absolute atomic E-state index is 13.1. The van der Waals surface area contributed by atoms with E-state index in [0.29, 0.717) is 28.4 Å². The predicted molar refractivity (Wildman–Crippen MR) is 146 cm³/mol. The minimum Gasteiger partial charge on any atom is -0.497 e. The predicted octanol–water partition coefficient (Wildman–Crippen LogP) is 5.41. The number of ether oxygens (including phenoxy) is 1. The minimum atomic E-state index is -3.77. The van der Waals surface area contributed by atoms with Crippen LogP contribution in [-0.2, 0) is 10.0 Å². The fraction of sp³-hybridized carbons (Fsp3) is 0.154. The van der Waals surface area contributed by atoms with Crippen LogP contribution in [0.4, 0.5) is 11.4 Å². The van der Waals surface area contributed by atoms with Crippen LogP contribution < -0.4 is 15.0 Å². The van der Waals surface area contributed by atoms with Gasteiger partial charge in [-0.15, -0.1) is 0 Å². The molecule has 0 spiro atoms. The number of nitrogens with one attached hydrogen (secondary N) is 2. The molecular weight excluding hydrogens is 544 g/mol. The van der Waals surface area contributed by atoms with E-state index in [1.54, 1.807) is 50.4 Å². The molecule has 0 atom stereocenters. The van der Waals surface area contributed by atoms with Crippen LogP contribution in [0.1, 0.15) is 22.4 Å². The second-order valence-corrected chi connectivity index (χ2v) is 10.7. The van der Waals surface area contributed by atoms with E-state index in [4.69, 9.17) is 4.74 Å². The summed E-state index contributed by atoms with van der Waals surface area (Å²) in [4.78, 5) is 17.6. The van der Waals surface area contributed by atoms with Crippen molar-refractivity contribution >= 4 is 43.5 Å². The average molecular weight is 569 g/mol. The van der Waals surface area contributed by atoms with Gasteiger partial charge in [0.15, 0.2) is 0 Å². The van der Waals surface area contributed by atoms with Crippen molar-refractivity contribution in [2.24, 2.45) is 4.99 Å². The highest BCUT2D eigenvalue weighted by Gasteiger charge is 2.16. The summed E-state index contributed by atoms with van der Waals surface area (Å²) in [5, 5.41) is 3.11. The Kier molecular flexibility index (Phi) is 7.18. The molecule has 3 aromatic carbocycles. The van der Waals surface area contributed by atoms with Crippen LogP contribution in [0.3, 0.4) is 0 Å². The van der Waals surface area contributed by atoms with Gasteiger partial charge >= 0.3 is 0 Å². The maximum atomic E-state index is 13.1. The SMILES string of the molecule is COc1ccc(NS(=O)(=O)c2ccc(N=Cc3c(C)[nH]n(-c4ccc(Br)c(C)c4C)c3=O)cc2)cc1. The third-order valence-corrected chi connectivity index (χ3v) is 8.14. The zero-order valence-electron chi connectivity index (χ0n) is 20.2. The van der Waals surface area contributed by atoms with Gasteiger partial charge in [0.2, 0.25) is 0 Å². The number of hydrogen-bond acceptors (Lipinski definition) is 5. The number of hydrogen-bond donors (Lipinski definition) is 2. The van der Waals surface area contributed by atoms with Crippen LogP contribution >= 0.6 is 15.9 Å². The number of benzene rings is 3. The molecule has 0 amide bonds. The molecule has 0 aliphatic rings. The zero-order chi connectivity index (χ0) is 26.0. The Labute approximate surface area is 217 Å². The van der Waals surface area contributed by atoms with Crippen molar-refractivity contribution < 1.29 is 13.2 Å². The second kappa shape index (κ2) is 10.2. The molecular formula is C26H25BrN4O4S. The van der Waals surface area contributed by atoms with Crippen LogP contribution in [0.15, 0.2) is 79.8 Å².